The molecule has 0 saturated carbocycles. The fourth-order valence-corrected chi connectivity index (χ4v) is 10.2. The molecule has 15 heteroatoms. The molecular weight excluding hydrogens is 911 g/mol. The summed E-state index contributed by atoms with van der Waals surface area (Å²) in [5.74, 6) is 0. The Kier molecular flexibility index (Phi) is 40.7. The van der Waals surface area contributed by atoms with Gasteiger partial charge in [-0.1, -0.05) is 232 Å². The predicted molar refractivity (Wildman–Crippen MR) is 279 cm³/mol. The first-order valence-electron chi connectivity index (χ1n) is 29.5. The van der Waals surface area contributed by atoms with Crippen LogP contribution in [-0.2, 0) is 18.9 Å². The van der Waals surface area contributed by atoms with E-state index in [-0.39, 0.29) is 6.61 Å². The highest BCUT2D eigenvalue weighted by Gasteiger charge is 2.51. The number of aliphatic hydroxyl groups is 10. The number of hydrogen-bond donors (Lipinski definition) is 11. The quantitative estimate of drug-likeness (QED) is 0.0204. The zero-order chi connectivity index (χ0) is 51.9. The maximum absolute atomic E-state index is 11.5. The van der Waals surface area contributed by atoms with Gasteiger partial charge in [0.1, 0.15) is 55.1 Å². The van der Waals surface area contributed by atoms with Crippen molar-refractivity contribution in [2.45, 2.75) is 337 Å². The van der Waals surface area contributed by atoms with Crippen LogP contribution in [0.25, 0.3) is 0 Å². The van der Waals surface area contributed by atoms with Gasteiger partial charge in [0, 0.05) is 0 Å². The lowest BCUT2D eigenvalue weighted by Gasteiger charge is -2.46. The third-order valence-electron chi connectivity index (χ3n) is 15.1. The van der Waals surface area contributed by atoms with Crippen LogP contribution < -0.4 is 5.32 Å². The third-order valence-corrected chi connectivity index (χ3v) is 15.1. The molecule has 2 fully saturated rings. The van der Waals surface area contributed by atoms with Gasteiger partial charge < -0.3 is 70.0 Å². The molecule has 11 unspecified atom stereocenters. The van der Waals surface area contributed by atoms with Crippen molar-refractivity contribution in [3.8, 4) is 0 Å². The van der Waals surface area contributed by atoms with Crippen molar-refractivity contribution in [1.82, 2.24) is 5.32 Å². The summed E-state index contributed by atoms with van der Waals surface area (Å²) in [5, 5.41) is 110. The van der Waals surface area contributed by atoms with Crippen molar-refractivity contribution in [3.05, 3.63) is 0 Å². The number of hydrogen-bond acceptors (Lipinski definition) is 15. The average Bonchev–Trinajstić information content (AvgIpc) is 3.37. The van der Waals surface area contributed by atoms with Crippen LogP contribution in [0.3, 0.4) is 0 Å². The second-order valence-corrected chi connectivity index (χ2v) is 21.4. The lowest BCUT2D eigenvalue weighted by Crippen LogP contribution is -2.65. The van der Waals surface area contributed by atoms with E-state index in [1.165, 1.54) is 173 Å². The molecule has 14 atom stereocenters. The Bertz CT molecular complexity index is 1180. The molecule has 2 aliphatic heterocycles. The molecule has 0 aromatic rings. The van der Waals surface area contributed by atoms with Crippen molar-refractivity contribution in [2.24, 2.45) is 0 Å². The van der Waals surface area contributed by atoms with Gasteiger partial charge in [0.2, 0.25) is 0 Å². The standard InChI is InChI=1S/C56H111NO14/c1-3-5-7-9-11-13-15-17-18-19-20-21-22-23-24-25-26-27-29-31-33-35-37-39-47(61)57-43(48(62)44(60)38-36-34-32-30-28-16-14-12-10-8-6-4-2)42-68-56-54(52(66)50(64)46(41-59)70-56)71-55-53(67)51(65)49(63)45(40-58)69-55/h43-67H,3-42H2,1-2H3/t43-,44+,45?,46?,47?,48-,49?,50?,51?,52?,53?,54?,55?,56?/m0/s1. The predicted octanol–water partition coefficient (Wildman–Crippen LogP) is 8.10. The lowest BCUT2D eigenvalue weighted by atomic mass is 9.97. The topological polar surface area (TPSA) is 251 Å². The SMILES string of the molecule is CCCCCCCCCCCCCCCCCCCCCCCCCC(O)N[C@@H](COC1OC(CO)C(O)C(O)C1OC1OC(CO)C(O)C(O)C1O)[C@H](O)[C@H](O)CCCCCCCCCCCCCC. The van der Waals surface area contributed by atoms with Gasteiger partial charge in [-0.05, 0) is 19.3 Å². The Morgan fingerprint density at radius 1 is 0.408 bits per heavy atom. The molecule has 11 N–H and O–H groups in total. The van der Waals surface area contributed by atoms with Crippen LogP contribution in [0.4, 0.5) is 0 Å². The van der Waals surface area contributed by atoms with Crippen molar-refractivity contribution in [2.75, 3.05) is 19.8 Å². The third kappa shape index (κ3) is 29.5. The number of aliphatic hydroxyl groups excluding tert-OH is 10. The van der Waals surface area contributed by atoms with Crippen molar-refractivity contribution in [3.63, 3.8) is 0 Å². The maximum Gasteiger partial charge on any atom is 0.187 e. The molecule has 0 spiro atoms. The molecule has 0 amide bonds. The first-order valence-corrected chi connectivity index (χ1v) is 29.5. The van der Waals surface area contributed by atoms with Gasteiger partial charge in [-0.2, -0.15) is 0 Å². The van der Waals surface area contributed by atoms with Crippen LogP contribution in [-0.4, -0.2) is 157 Å². The zero-order valence-corrected chi connectivity index (χ0v) is 45.0. The van der Waals surface area contributed by atoms with Gasteiger partial charge >= 0.3 is 0 Å². The zero-order valence-electron chi connectivity index (χ0n) is 45.0. The molecule has 71 heavy (non-hydrogen) atoms. The largest absolute Gasteiger partial charge is 0.394 e. The van der Waals surface area contributed by atoms with Crippen LogP contribution >= 0.6 is 0 Å². The highest BCUT2D eigenvalue weighted by molar-refractivity contribution is 4.94. The Balaban J connectivity index is 1.81. The monoisotopic (exact) mass is 1020 g/mol. The van der Waals surface area contributed by atoms with Crippen molar-refractivity contribution in [1.29, 1.82) is 0 Å². The van der Waals surface area contributed by atoms with E-state index in [0.29, 0.717) is 19.3 Å². The first kappa shape index (κ1) is 66.5. The van der Waals surface area contributed by atoms with E-state index < -0.39 is 99.1 Å². The fraction of sp³-hybridized carbons (Fsp3) is 1.00. The van der Waals surface area contributed by atoms with Gasteiger partial charge in [-0.15, -0.1) is 0 Å². The molecule has 2 rings (SSSR count). The average molecular weight is 1020 g/mol. The van der Waals surface area contributed by atoms with E-state index in [1.807, 2.05) is 0 Å². The molecule has 2 saturated heterocycles. The molecule has 0 radical (unpaired) electrons. The van der Waals surface area contributed by atoms with Crippen LogP contribution in [0.15, 0.2) is 0 Å². The first-order chi connectivity index (χ1) is 34.5. The van der Waals surface area contributed by atoms with E-state index in [2.05, 4.69) is 19.2 Å². The van der Waals surface area contributed by atoms with Crippen LogP contribution in [0.2, 0.25) is 0 Å². The molecule has 15 nitrogen and oxygen atoms in total. The maximum atomic E-state index is 11.5. The van der Waals surface area contributed by atoms with E-state index in [9.17, 15) is 51.1 Å². The van der Waals surface area contributed by atoms with E-state index >= 15 is 0 Å². The molecule has 2 heterocycles. The highest BCUT2D eigenvalue weighted by atomic mass is 16.8. The number of nitrogens with one attached hydrogen (secondary N) is 1. The lowest BCUT2D eigenvalue weighted by molar-refractivity contribution is -0.368. The summed E-state index contributed by atoms with van der Waals surface area (Å²) in [4.78, 5) is 0. The van der Waals surface area contributed by atoms with Crippen molar-refractivity contribution < 1.29 is 70.0 Å². The van der Waals surface area contributed by atoms with Crippen LogP contribution in [0, 0.1) is 0 Å². The molecule has 2 aliphatic rings. The van der Waals surface area contributed by atoms with Gasteiger partial charge in [-0.3, -0.25) is 5.32 Å². The second-order valence-electron chi connectivity index (χ2n) is 21.4. The van der Waals surface area contributed by atoms with Crippen LogP contribution in [0.1, 0.15) is 251 Å². The number of rotatable bonds is 48. The Morgan fingerprint density at radius 2 is 0.746 bits per heavy atom. The van der Waals surface area contributed by atoms with E-state index in [0.717, 1.165) is 44.9 Å². The number of unbranched alkanes of at least 4 members (excludes halogenated alkanes) is 33. The fourth-order valence-electron chi connectivity index (χ4n) is 10.2. The van der Waals surface area contributed by atoms with Gasteiger partial charge in [0.15, 0.2) is 12.6 Å². The van der Waals surface area contributed by atoms with E-state index in [4.69, 9.17) is 18.9 Å². The summed E-state index contributed by atoms with van der Waals surface area (Å²) in [5.41, 5.74) is 0. The molecule has 0 bridgehead atoms. The molecule has 0 aromatic heterocycles. The number of ether oxygens (including phenoxy) is 4. The minimum Gasteiger partial charge on any atom is -0.394 e. The summed E-state index contributed by atoms with van der Waals surface area (Å²) in [6.07, 6.45) is 24.7. The summed E-state index contributed by atoms with van der Waals surface area (Å²) < 4.78 is 23.1. The normalized spacial score (nSPS) is 26.7. The Morgan fingerprint density at radius 3 is 1.13 bits per heavy atom. The highest BCUT2D eigenvalue weighted by Crippen LogP contribution is 2.30. The molecular formula is C56H111NO14. The van der Waals surface area contributed by atoms with Crippen molar-refractivity contribution >= 4 is 0 Å². The van der Waals surface area contributed by atoms with E-state index in [1.54, 1.807) is 0 Å². The minimum absolute atomic E-state index is 0.326. The van der Waals surface area contributed by atoms with Gasteiger partial charge in [-0.25, -0.2) is 0 Å². The van der Waals surface area contributed by atoms with Gasteiger partial charge in [0.05, 0.1) is 38.1 Å². The van der Waals surface area contributed by atoms with Crippen LogP contribution in [0.5, 0.6) is 0 Å². The summed E-state index contributed by atoms with van der Waals surface area (Å²) in [6.45, 7) is 2.70. The summed E-state index contributed by atoms with van der Waals surface area (Å²) >= 11 is 0. The minimum atomic E-state index is -1.83. The molecule has 0 aliphatic carbocycles. The molecule has 424 valence electrons. The Labute approximate surface area is 431 Å². The molecule has 0 aromatic carbocycles. The summed E-state index contributed by atoms with van der Waals surface area (Å²) in [7, 11) is 0. The Hall–Kier alpha value is -0.600. The summed E-state index contributed by atoms with van der Waals surface area (Å²) in [6, 6.07) is -1.03. The second kappa shape index (κ2) is 43.5. The van der Waals surface area contributed by atoms with Gasteiger partial charge in [0.25, 0.3) is 0 Å². The smallest absolute Gasteiger partial charge is 0.187 e.